The molecule has 1 heterocycles. The van der Waals surface area contributed by atoms with E-state index in [2.05, 4.69) is 0 Å². The minimum atomic E-state index is -0.893. The summed E-state index contributed by atoms with van der Waals surface area (Å²) in [6.07, 6.45) is 4.47. The Morgan fingerprint density at radius 2 is 2.18 bits per heavy atom. The van der Waals surface area contributed by atoms with Crippen molar-refractivity contribution in [2.24, 2.45) is 0 Å². The maximum Gasteiger partial charge on any atom is 0.345 e. The molecule has 1 atom stereocenters. The van der Waals surface area contributed by atoms with Gasteiger partial charge in [0.25, 0.3) is 0 Å². The molecule has 1 aliphatic carbocycles. The van der Waals surface area contributed by atoms with Crippen molar-refractivity contribution in [1.29, 1.82) is 0 Å². The second-order valence-electron chi connectivity index (χ2n) is 4.43. The van der Waals surface area contributed by atoms with Gasteiger partial charge in [-0.15, -0.1) is 11.3 Å². The van der Waals surface area contributed by atoms with Crippen LogP contribution in [0, 0.1) is 6.92 Å². The van der Waals surface area contributed by atoms with Crippen LogP contribution in [0.1, 0.15) is 45.8 Å². The van der Waals surface area contributed by atoms with Gasteiger partial charge < -0.3 is 5.11 Å². The number of thiophene rings is 1. The zero-order chi connectivity index (χ0) is 12.4. The number of carboxylic acids is 1. The Bertz CT molecular complexity index is 445. The Hall–Kier alpha value is -0.680. The summed E-state index contributed by atoms with van der Waals surface area (Å²) in [6, 6.07) is 1.68. The number of carbonyl (C=O) groups is 1. The molecule has 94 valence electrons. The lowest BCUT2D eigenvalue weighted by molar-refractivity contribution is 0.0702. The summed E-state index contributed by atoms with van der Waals surface area (Å²) in [7, 11) is -0.843. The molecule has 0 aromatic carbocycles. The Morgan fingerprint density at radius 3 is 2.71 bits per heavy atom. The molecule has 3 nitrogen and oxygen atoms in total. The van der Waals surface area contributed by atoms with E-state index in [9.17, 15) is 9.00 Å². The summed E-state index contributed by atoms with van der Waals surface area (Å²) in [5.41, 5.74) is 0.942. The summed E-state index contributed by atoms with van der Waals surface area (Å²) in [4.78, 5) is 12.2. The maximum absolute atomic E-state index is 12.1. The predicted molar refractivity (Wildman–Crippen MR) is 70.1 cm³/mol. The van der Waals surface area contributed by atoms with E-state index in [1.54, 1.807) is 6.07 Å². The molecule has 0 spiro atoms. The van der Waals surface area contributed by atoms with Crippen LogP contribution >= 0.6 is 11.3 Å². The van der Waals surface area contributed by atoms with E-state index < -0.39 is 16.8 Å². The van der Waals surface area contributed by atoms with Gasteiger partial charge >= 0.3 is 5.97 Å². The number of aromatic carboxylic acids is 1. The molecule has 1 N–H and O–H groups in total. The number of hydrogen-bond donors (Lipinski definition) is 1. The summed E-state index contributed by atoms with van der Waals surface area (Å²) >= 11 is 1.27. The fourth-order valence-corrected chi connectivity index (χ4v) is 4.86. The Balaban J connectivity index is 2.07. The number of carboxylic acid groups (broad SMARTS) is 1. The van der Waals surface area contributed by atoms with Crippen molar-refractivity contribution in [2.45, 2.75) is 43.6 Å². The second-order valence-corrected chi connectivity index (χ2v) is 7.40. The van der Waals surface area contributed by atoms with Crippen molar-refractivity contribution in [3.05, 3.63) is 21.4 Å². The standard InChI is InChI=1S/C12H16O3S2/c1-8-9(6-11(16-8)12(13)14)7-17(15)10-4-2-3-5-10/h6,10H,2-5,7H2,1H3,(H,13,14). The van der Waals surface area contributed by atoms with Crippen molar-refractivity contribution in [3.8, 4) is 0 Å². The zero-order valence-electron chi connectivity index (χ0n) is 9.77. The molecule has 0 saturated heterocycles. The van der Waals surface area contributed by atoms with Crippen LogP contribution in [0.4, 0.5) is 0 Å². The highest BCUT2D eigenvalue weighted by molar-refractivity contribution is 7.84. The van der Waals surface area contributed by atoms with Crippen LogP contribution in [-0.4, -0.2) is 20.5 Å². The van der Waals surface area contributed by atoms with E-state index in [0.717, 1.165) is 23.3 Å². The van der Waals surface area contributed by atoms with Crippen LogP contribution in [-0.2, 0) is 16.6 Å². The summed E-state index contributed by atoms with van der Waals surface area (Å²) in [5.74, 6) is -0.378. The molecule has 1 fully saturated rings. The van der Waals surface area contributed by atoms with Gasteiger partial charge in [0.1, 0.15) is 4.88 Å². The molecule has 2 rings (SSSR count). The zero-order valence-corrected chi connectivity index (χ0v) is 11.4. The SMILES string of the molecule is Cc1sc(C(=O)O)cc1CS(=O)C1CCCC1. The summed E-state index contributed by atoms with van der Waals surface area (Å²) in [6.45, 7) is 1.90. The van der Waals surface area contributed by atoms with Gasteiger partial charge in [-0.1, -0.05) is 12.8 Å². The third-order valence-electron chi connectivity index (χ3n) is 3.20. The highest BCUT2D eigenvalue weighted by atomic mass is 32.2. The Kier molecular flexibility index (Phi) is 3.99. The van der Waals surface area contributed by atoms with Crippen molar-refractivity contribution in [3.63, 3.8) is 0 Å². The lowest BCUT2D eigenvalue weighted by atomic mass is 10.3. The molecule has 1 unspecified atom stereocenters. The molecule has 0 amide bonds. The van der Waals surface area contributed by atoms with Gasteiger partial charge in [-0.25, -0.2) is 4.79 Å². The number of rotatable bonds is 4. The Morgan fingerprint density at radius 1 is 1.53 bits per heavy atom. The lowest BCUT2D eigenvalue weighted by Gasteiger charge is -2.08. The number of hydrogen-bond acceptors (Lipinski definition) is 3. The second kappa shape index (κ2) is 5.31. The molecule has 1 saturated carbocycles. The first kappa shape index (κ1) is 12.8. The van der Waals surface area contributed by atoms with Crippen LogP contribution in [0.25, 0.3) is 0 Å². The molecule has 1 aromatic heterocycles. The topological polar surface area (TPSA) is 54.4 Å². The third-order valence-corrected chi connectivity index (χ3v) is 6.09. The molecule has 5 heteroatoms. The fourth-order valence-electron chi connectivity index (χ4n) is 2.19. The van der Waals surface area contributed by atoms with Gasteiger partial charge in [0, 0.05) is 26.7 Å². The van der Waals surface area contributed by atoms with Gasteiger partial charge in [0.2, 0.25) is 0 Å². The average molecular weight is 272 g/mol. The first-order chi connectivity index (χ1) is 8.08. The van der Waals surface area contributed by atoms with Crippen LogP contribution in [0.15, 0.2) is 6.07 Å². The van der Waals surface area contributed by atoms with E-state index in [4.69, 9.17) is 5.11 Å². The molecule has 0 bridgehead atoms. The highest BCUT2D eigenvalue weighted by Gasteiger charge is 2.22. The van der Waals surface area contributed by atoms with Gasteiger partial charge in [-0.3, -0.25) is 4.21 Å². The molecular formula is C12H16O3S2. The van der Waals surface area contributed by atoms with Crippen LogP contribution in [0.3, 0.4) is 0 Å². The smallest absolute Gasteiger partial charge is 0.345 e. The van der Waals surface area contributed by atoms with Crippen LogP contribution < -0.4 is 0 Å². The first-order valence-corrected chi connectivity index (χ1v) is 7.97. The summed E-state index contributed by atoms with van der Waals surface area (Å²) < 4.78 is 12.1. The van der Waals surface area contributed by atoms with Crippen LogP contribution in [0.2, 0.25) is 0 Å². The van der Waals surface area contributed by atoms with Crippen molar-refractivity contribution < 1.29 is 14.1 Å². The lowest BCUT2D eigenvalue weighted by Crippen LogP contribution is -2.12. The molecule has 0 aliphatic heterocycles. The van der Waals surface area contributed by atoms with E-state index >= 15 is 0 Å². The van der Waals surface area contributed by atoms with Crippen LogP contribution in [0.5, 0.6) is 0 Å². The van der Waals surface area contributed by atoms with Gasteiger partial charge in [0.05, 0.1) is 0 Å². The average Bonchev–Trinajstić information content (AvgIpc) is 2.88. The molecule has 0 radical (unpaired) electrons. The van der Waals surface area contributed by atoms with Crippen molar-refractivity contribution in [2.75, 3.05) is 0 Å². The Labute approximate surface area is 107 Å². The molecule has 1 aromatic rings. The quantitative estimate of drug-likeness (QED) is 0.917. The van der Waals surface area contributed by atoms with Crippen molar-refractivity contribution >= 4 is 28.1 Å². The van der Waals surface area contributed by atoms with E-state index in [1.807, 2.05) is 6.92 Å². The first-order valence-electron chi connectivity index (χ1n) is 5.77. The molecular weight excluding hydrogens is 256 g/mol. The normalized spacial score (nSPS) is 18.4. The fraction of sp³-hybridized carbons (Fsp3) is 0.583. The predicted octanol–water partition coefficient (Wildman–Crippen LogP) is 2.95. The highest BCUT2D eigenvalue weighted by Crippen LogP contribution is 2.28. The van der Waals surface area contributed by atoms with E-state index in [1.165, 1.54) is 24.2 Å². The molecule has 17 heavy (non-hydrogen) atoms. The van der Waals surface area contributed by atoms with Crippen molar-refractivity contribution in [1.82, 2.24) is 0 Å². The van der Waals surface area contributed by atoms with Gasteiger partial charge in [-0.05, 0) is 31.4 Å². The third kappa shape index (κ3) is 2.96. The summed E-state index contributed by atoms with van der Waals surface area (Å²) in [5, 5.41) is 9.22. The van der Waals surface area contributed by atoms with Gasteiger partial charge in [0.15, 0.2) is 0 Å². The largest absolute Gasteiger partial charge is 0.477 e. The number of aryl methyl sites for hydroxylation is 1. The van der Waals surface area contributed by atoms with E-state index in [0.29, 0.717) is 15.9 Å². The monoisotopic (exact) mass is 272 g/mol. The van der Waals surface area contributed by atoms with Gasteiger partial charge in [-0.2, -0.15) is 0 Å². The minimum absolute atomic E-state index is 0.322. The van der Waals surface area contributed by atoms with E-state index in [-0.39, 0.29) is 0 Å². The maximum atomic E-state index is 12.1. The molecule has 1 aliphatic rings. The minimum Gasteiger partial charge on any atom is -0.477 e.